The van der Waals surface area contributed by atoms with Crippen molar-refractivity contribution in [2.45, 2.75) is 12.8 Å². The normalized spacial score (nSPS) is 10.3. The highest BCUT2D eigenvalue weighted by atomic mass is 16.5. The quantitative estimate of drug-likeness (QED) is 0.616. The SMILES string of the molecule is COc1ccccc1CCNc1cc(NCCc2ccccc2)ncn1. The lowest BCUT2D eigenvalue weighted by Crippen LogP contribution is -2.10. The molecule has 3 aromatic rings. The molecule has 0 bridgehead atoms. The standard InChI is InChI=1S/C21H24N4O/c1-26-19-10-6-5-9-18(19)12-14-23-21-15-20(24-16-25-21)22-13-11-17-7-3-2-4-8-17/h2-10,15-16H,11-14H2,1H3,(H2,22,23,24,25). The lowest BCUT2D eigenvalue weighted by molar-refractivity contribution is 0.410. The van der Waals surface area contributed by atoms with E-state index in [9.17, 15) is 0 Å². The van der Waals surface area contributed by atoms with Crippen LogP contribution in [0.25, 0.3) is 0 Å². The summed E-state index contributed by atoms with van der Waals surface area (Å²) in [5.41, 5.74) is 2.49. The van der Waals surface area contributed by atoms with Gasteiger partial charge in [-0.2, -0.15) is 0 Å². The molecule has 0 radical (unpaired) electrons. The molecule has 0 spiro atoms. The highest BCUT2D eigenvalue weighted by Gasteiger charge is 2.02. The number of nitrogens with one attached hydrogen (secondary N) is 2. The van der Waals surface area contributed by atoms with Gasteiger partial charge in [-0.05, 0) is 30.0 Å². The molecule has 5 nitrogen and oxygen atoms in total. The van der Waals surface area contributed by atoms with Gasteiger partial charge in [-0.25, -0.2) is 9.97 Å². The molecule has 0 aliphatic carbocycles. The molecular formula is C21H24N4O. The minimum Gasteiger partial charge on any atom is -0.496 e. The summed E-state index contributed by atoms with van der Waals surface area (Å²) in [5, 5.41) is 6.70. The van der Waals surface area contributed by atoms with Gasteiger partial charge in [-0.1, -0.05) is 48.5 Å². The first-order valence-electron chi connectivity index (χ1n) is 8.81. The van der Waals surface area contributed by atoms with Crippen molar-refractivity contribution in [2.24, 2.45) is 0 Å². The Morgan fingerprint density at radius 1 is 0.808 bits per heavy atom. The molecule has 0 atom stereocenters. The van der Waals surface area contributed by atoms with Gasteiger partial charge < -0.3 is 15.4 Å². The Balaban J connectivity index is 1.48. The Hall–Kier alpha value is -3.08. The van der Waals surface area contributed by atoms with Gasteiger partial charge in [0.2, 0.25) is 0 Å². The van der Waals surface area contributed by atoms with Crippen LogP contribution in [0.1, 0.15) is 11.1 Å². The maximum atomic E-state index is 5.38. The third-order valence-electron chi connectivity index (χ3n) is 4.12. The fraction of sp³-hybridized carbons (Fsp3) is 0.238. The van der Waals surface area contributed by atoms with Gasteiger partial charge in [0, 0.05) is 19.2 Å². The van der Waals surface area contributed by atoms with E-state index in [-0.39, 0.29) is 0 Å². The van der Waals surface area contributed by atoms with E-state index < -0.39 is 0 Å². The van der Waals surface area contributed by atoms with Crippen LogP contribution in [0.15, 0.2) is 67.0 Å². The van der Waals surface area contributed by atoms with E-state index in [0.29, 0.717) is 0 Å². The third-order valence-corrected chi connectivity index (χ3v) is 4.12. The summed E-state index contributed by atoms with van der Waals surface area (Å²) in [6, 6.07) is 20.4. The van der Waals surface area contributed by atoms with Crippen molar-refractivity contribution in [3.05, 3.63) is 78.1 Å². The monoisotopic (exact) mass is 348 g/mol. The van der Waals surface area contributed by atoms with E-state index in [0.717, 1.165) is 43.3 Å². The van der Waals surface area contributed by atoms with Crippen LogP contribution in [0.2, 0.25) is 0 Å². The minimum atomic E-state index is 0.779. The number of aromatic nitrogens is 2. The molecule has 0 saturated carbocycles. The van der Waals surface area contributed by atoms with Crippen molar-refractivity contribution in [1.82, 2.24) is 9.97 Å². The van der Waals surface area contributed by atoms with E-state index in [1.165, 1.54) is 11.1 Å². The molecule has 134 valence electrons. The summed E-state index contributed by atoms with van der Waals surface area (Å²) in [6.07, 6.45) is 3.41. The highest BCUT2D eigenvalue weighted by molar-refractivity contribution is 5.46. The molecule has 1 aromatic heterocycles. The summed E-state index contributed by atoms with van der Waals surface area (Å²) in [4.78, 5) is 8.57. The van der Waals surface area contributed by atoms with E-state index in [4.69, 9.17) is 4.74 Å². The second-order valence-corrected chi connectivity index (χ2v) is 5.94. The first kappa shape index (κ1) is 17.7. The number of para-hydroxylation sites is 1. The van der Waals surface area contributed by atoms with Crippen LogP contribution in [0.5, 0.6) is 5.75 Å². The van der Waals surface area contributed by atoms with Crippen LogP contribution < -0.4 is 15.4 Å². The number of methoxy groups -OCH3 is 1. The lowest BCUT2D eigenvalue weighted by atomic mass is 10.1. The van der Waals surface area contributed by atoms with E-state index in [2.05, 4.69) is 50.9 Å². The molecule has 0 amide bonds. The van der Waals surface area contributed by atoms with Crippen LogP contribution >= 0.6 is 0 Å². The summed E-state index contributed by atoms with van der Waals surface area (Å²) < 4.78 is 5.38. The number of hydrogen-bond acceptors (Lipinski definition) is 5. The zero-order valence-electron chi connectivity index (χ0n) is 15.0. The zero-order chi connectivity index (χ0) is 18.0. The van der Waals surface area contributed by atoms with Gasteiger partial charge >= 0.3 is 0 Å². The molecule has 0 aliphatic heterocycles. The van der Waals surface area contributed by atoms with Crippen molar-refractivity contribution < 1.29 is 4.74 Å². The molecule has 26 heavy (non-hydrogen) atoms. The van der Waals surface area contributed by atoms with Crippen LogP contribution in [0.3, 0.4) is 0 Å². The Bertz CT molecular complexity index is 808. The van der Waals surface area contributed by atoms with Gasteiger partial charge in [0.1, 0.15) is 23.7 Å². The Kier molecular flexibility index (Phi) is 6.42. The van der Waals surface area contributed by atoms with Crippen LogP contribution in [0, 0.1) is 0 Å². The van der Waals surface area contributed by atoms with E-state index in [1.807, 2.05) is 30.3 Å². The number of hydrogen-bond donors (Lipinski definition) is 2. The second kappa shape index (κ2) is 9.42. The van der Waals surface area contributed by atoms with Gasteiger partial charge in [0.05, 0.1) is 7.11 Å². The van der Waals surface area contributed by atoms with E-state index >= 15 is 0 Å². The number of rotatable bonds is 9. The number of anilines is 2. The van der Waals surface area contributed by atoms with E-state index in [1.54, 1.807) is 13.4 Å². The summed E-state index contributed by atoms with van der Waals surface area (Å²) in [7, 11) is 1.70. The van der Waals surface area contributed by atoms with Gasteiger partial charge in [0.15, 0.2) is 0 Å². The fourth-order valence-corrected chi connectivity index (χ4v) is 2.76. The van der Waals surface area contributed by atoms with Crippen LogP contribution in [-0.2, 0) is 12.8 Å². The third kappa shape index (κ3) is 5.21. The molecule has 3 rings (SSSR count). The van der Waals surface area contributed by atoms with Gasteiger partial charge in [-0.15, -0.1) is 0 Å². The van der Waals surface area contributed by atoms with Crippen molar-refractivity contribution >= 4 is 11.6 Å². The largest absolute Gasteiger partial charge is 0.496 e. The number of ether oxygens (including phenoxy) is 1. The molecule has 1 heterocycles. The Morgan fingerprint density at radius 3 is 2.19 bits per heavy atom. The summed E-state index contributed by atoms with van der Waals surface area (Å²) in [6.45, 7) is 1.61. The molecule has 2 N–H and O–H groups in total. The van der Waals surface area contributed by atoms with Crippen molar-refractivity contribution in [3.63, 3.8) is 0 Å². The van der Waals surface area contributed by atoms with Crippen molar-refractivity contribution in [2.75, 3.05) is 30.8 Å². The van der Waals surface area contributed by atoms with Crippen molar-refractivity contribution in [3.8, 4) is 5.75 Å². The first-order chi connectivity index (χ1) is 12.8. The van der Waals surface area contributed by atoms with Crippen LogP contribution in [-0.4, -0.2) is 30.2 Å². The predicted octanol–water partition coefficient (Wildman–Crippen LogP) is 3.79. The van der Waals surface area contributed by atoms with Gasteiger partial charge in [-0.3, -0.25) is 0 Å². The average Bonchev–Trinajstić information content (AvgIpc) is 2.69. The highest BCUT2D eigenvalue weighted by Crippen LogP contribution is 2.18. The maximum absolute atomic E-state index is 5.38. The number of nitrogens with zero attached hydrogens (tertiary/aromatic N) is 2. The molecule has 0 aliphatic rings. The fourth-order valence-electron chi connectivity index (χ4n) is 2.76. The summed E-state index contributed by atoms with van der Waals surface area (Å²) >= 11 is 0. The van der Waals surface area contributed by atoms with Crippen molar-refractivity contribution in [1.29, 1.82) is 0 Å². The maximum Gasteiger partial charge on any atom is 0.131 e. The van der Waals surface area contributed by atoms with Crippen LogP contribution in [0.4, 0.5) is 11.6 Å². The Morgan fingerprint density at radius 2 is 1.46 bits per heavy atom. The minimum absolute atomic E-state index is 0.779. The molecule has 0 unspecified atom stereocenters. The lowest BCUT2D eigenvalue weighted by Gasteiger charge is -2.10. The van der Waals surface area contributed by atoms with Gasteiger partial charge in [0.25, 0.3) is 0 Å². The molecule has 5 heteroatoms. The number of benzene rings is 2. The smallest absolute Gasteiger partial charge is 0.131 e. The summed E-state index contributed by atoms with van der Waals surface area (Å²) in [5.74, 6) is 2.56. The molecule has 0 saturated heterocycles. The second-order valence-electron chi connectivity index (χ2n) is 5.94. The topological polar surface area (TPSA) is 59.1 Å². The molecular weight excluding hydrogens is 324 g/mol. The first-order valence-corrected chi connectivity index (χ1v) is 8.81. The molecule has 0 fully saturated rings. The predicted molar refractivity (Wildman–Crippen MR) is 106 cm³/mol. The average molecular weight is 348 g/mol. The molecule has 2 aromatic carbocycles. The Labute approximate surface area is 154 Å². The zero-order valence-corrected chi connectivity index (χ0v) is 15.0.